The third-order valence-corrected chi connectivity index (χ3v) is 6.10. The van der Waals surface area contributed by atoms with Gasteiger partial charge in [-0.25, -0.2) is 4.79 Å². The number of carbonyl (C=O) groups is 3. The van der Waals surface area contributed by atoms with E-state index in [1.54, 1.807) is 26.0 Å². The number of nitrogens with one attached hydrogen (secondary N) is 1. The van der Waals surface area contributed by atoms with Gasteiger partial charge in [0.05, 0.1) is 25.9 Å². The van der Waals surface area contributed by atoms with Crippen LogP contribution in [0.25, 0.3) is 0 Å². The zero-order valence-electron chi connectivity index (χ0n) is 20.1. The van der Waals surface area contributed by atoms with E-state index in [2.05, 4.69) is 5.32 Å². The van der Waals surface area contributed by atoms with E-state index in [1.165, 1.54) is 20.3 Å². The summed E-state index contributed by atoms with van der Waals surface area (Å²) in [5.41, 5.74) is 2.31. The maximum absolute atomic E-state index is 13.7. The number of ketones is 1. The number of ether oxygens (including phenoxy) is 4. The number of esters is 2. The topological polar surface area (TPSA) is 120 Å². The first-order valence-electron chi connectivity index (χ1n) is 11.2. The zero-order valence-corrected chi connectivity index (χ0v) is 20.1. The van der Waals surface area contributed by atoms with E-state index in [0.29, 0.717) is 35.6 Å². The summed E-state index contributed by atoms with van der Waals surface area (Å²) in [6, 6.07) is 4.69. The molecule has 0 unspecified atom stereocenters. The van der Waals surface area contributed by atoms with Gasteiger partial charge >= 0.3 is 11.9 Å². The quantitative estimate of drug-likeness (QED) is 0.333. The van der Waals surface area contributed by atoms with E-state index in [9.17, 15) is 19.5 Å². The van der Waals surface area contributed by atoms with Crippen molar-refractivity contribution in [3.05, 3.63) is 46.3 Å². The van der Waals surface area contributed by atoms with Crippen LogP contribution >= 0.6 is 0 Å². The van der Waals surface area contributed by atoms with E-state index in [-0.39, 0.29) is 36.2 Å². The Morgan fingerprint density at radius 2 is 1.94 bits per heavy atom. The lowest BCUT2D eigenvalue weighted by Crippen LogP contribution is -2.43. The van der Waals surface area contributed by atoms with Gasteiger partial charge in [-0.1, -0.05) is 13.0 Å². The van der Waals surface area contributed by atoms with Gasteiger partial charge in [-0.3, -0.25) is 9.59 Å². The van der Waals surface area contributed by atoms with Crippen molar-refractivity contribution in [3.8, 4) is 11.5 Å². The average molecular weight is 474 g/mol. The Labute approximate surface area is 198 Å². The number of phenols is 1. The first-order chi connectivity index (χ1) is 16.2. The number of methoxy groups -OCH3 is 2. The number of allylic oxidation sites excluding steroid dienone is 3. The standard InChI is InChI=1S/C25H31NO8/c1-6-33-18-12-15(7-8-17(18)27)21-20(25(30)34-10-9-31-4)14(3)26-16-11-13(2)19(24(29)32-5)23(28)22(16)21/h7-8,12-13,19,21,26-27H,6,9-11H2,1-5H3/t13-,19-,21+/m0/s1. The number of carbonyl (C=O) groups excluding carboxylic acids is 3. The highest BCUT2D eigenvalue weighted by Gasteiger charge is 2.47. The minimum atomic E-state index is -0.985. The highest BCUT2D eigenvalue weighted by molar-refractivity contribution is 6.12. The van der Waals surface area contributed by atoms with Crippen molar-refractivity contribution in [3.63, 3.8) is 0 Å². The molecule has 0 amide bonds. The molecule has 0 spiro atoms. The van der Waals surface area contributed by atoms with Gasteiger partial charge in [0.1, 0.15) is 12.5 Å². The summed E-state index contributed by atoms with van der Waals surface area (Å²) in [4.78, 5) is 39.4. The van der Waals surface area contributed by atoms with Crippen molar-refractivity contribution in [1.82, 2.24) is 5.32 Å². The molecule has 1 aromatic carbocycles. The molecule has 1 aliphatic heterocycles. The van der Waals surface area contributed by atoms with Gasteiger partial charge in [-0.05, 0) is 43.9 Å². The normalized spacial score (nSPS) is 22.1. The van der Waals surface area contributed by atoms with Gasteiger partial charge in [0, 0.05) is 30.0 Å². The summed E-state index contributed by atoms with van der Waals surface area (Å²) < 4.78 is 20.8. The number of benzene rings is 1. The van der Waals surface area contributed by atoms with Crippen LogP contribution in [-0.4, -0.2) is 56.9 Å². The van der Waals surface area contributed by atoms with Gasteiger partial charge in [-0.15, -0.1) is 0 Å². The van der Waals surface area contributed by atoms with Crippen LogP contribution in [0.4, 0.5) is 0 Å². The van der Waals surface area contributed by atoms with Crippen LogP contribution in [0.15, 0.2) is 40.7 Å². The second kappa shape index (κ2) is 10.7. The molecule has 3 atom stereocenters. The maximum Gasteiger partial charge on any atom is 0.336 e. The van der Waals surface area contributed by atoms with E-state index >= 15 is 0 Å². The predicted molar refractivity (Wildman–Crippen MR) is 122 cm³/mol. The van der Waals surface area contributed by atoms with Gasteiger partial charge in [-0.2, -0.15) is 0 Å². The molecule has 0 saturated heterocycles. The molecule has 1 heterocycles. The van der Waals surface area contributed by atoms with Crippen LogP contribution in [0.5, 0.6) is 11.5 Å². The molecule has 9 heteroatoms. The largest absolute Gasteiger partial charge is 0.504 e. The molecule has 0 saturated carbocycles. The van der Waals surface area contributed by atoms with Crippen LogP contribution < -0.4 is 10.1 Å². The summed E-state index contributed by atoms with van der Waals surface area (Å²) >= 11 is 0. The fourth-order valence-electron chi connectivity index (χ4n) is 4.56. The Kier molecular flexibility index (Phi) is 7.98. The van der Waals surface area contributed by atoms with Crippen molar-refractivity contribution >= 4 is 17.7 Å². The SMILES string of the molecule is CCOc1cc([C@@H]2C(C(=O)OCCOC)=C(C)NC3=C2C(=O)[C@@H](C(=O)OC)[C@@H](C)C3)ccc1O. The summed E-state index contributed by atoms with van der Waals surface area (Å²) in [6.45, 7) is 5.93. The molecule has 0 aromatic heterocycles. The Balaban J connectivity index is 2.16. The lowest BCUT2D eigenvalue weighted by molar-refractivity contribution is -0.151. The van der Waals surface area contributed by atoms with Crippen molar-refractivity contribution in [2.75, 3.05) is 34.0 Å². The third kappa shape index (κ3) is 4.79. The molecule has 0 bridgehead atoms. The van der Waals surface area contributed by atoms with Crippen molar-refractivity contribution < 1.29 is 38.4 Å². The Morgan fingerprint density at radius 3 is 2.59 bits per heavy atom. The van der Waals surface area contributed by atoms with Crippen molar-refractivity contribution in [2.24, 2.45) is 11.8 Å². The molecule has 0 fully saturated rings. The summed E-state index contributed by atoms with van der Waals surface area (Å²) in [7, 11) is 2.75. The summed E-state index contributed by atoms with van der Waals surface area (Å²) in [6.07, 6.45) is 0.428. The van der Waals surface area contributed by atoms with Crippen LogP contribution in [0.3, 0.4) is 0 Å². The molecule has 184 valence electrons. The minimum absolute atomic E-state index is 0.0419. The molecule has 3 rings (SSSR count). The molecular formula is C25H31NO8. The number of aromatic hydroxyl groups is 1. The van der Waals surface area contributed by atoms with E-state index < -0.39 is 29.6 Å². The maximum atomic E-state index is 13.7. The first-order valence-corrected chi connectivity index (χ1v) is 11.2. The third-order valence-electron chi connectivity index (χ3n) is 6.10. The highest BCUT2D eigenvalue weighted by Crippen LogP contribution is 2.46. The molecule has 34 heavy (non-hydrogen) atoms. The van der Waals surface area contributed by atoms with E-state index in [4.69, 9.17) is 18.9 Å². The Bertz CT molecular complexity index is 1040. The van der Waals surface area contributed by atoms with Crippen LogP contribution in [0.1, 0.15) is 38.7 Å². The minimum Gasteiger partial charge on any atom is -0.504 e. The summed E-state index contributed by atoms with van der Waals surface area (Å²) in [5, 5.41) is 13.4. The average Bonchev–Trinajstić information content (AvgIpc) is 2.79. The number of rotatable bonds is 8. The Morgan fingerprint density at radius 1 is 1.21 bits per heavy atom. The van der Waals surface area contributed by atoms with E-state index in [1.807, 2.05) is 6.92 Å². The molecular weight excluding hydrogens is 442 g/mol. The monoisotopic (exact) mass is 473 g/mol. The number of phenolic OH excluding ortho intramolecular Hbond substituents is 1. The molecule has 1 aliphatic carbocycles. The summed E-state index contributed by atoms with van der Waals surface area (Å²) in [5.74, 6) is -3.54. The van der Waals surface area contributed by atoms with Gasteiger partial charge in [0.25, 0.3) is 0 Å². The number of dihydropyridines is 1. The predicted octanol–water partition coefficient (Wildman–Crippen LogP) is 2.59. The molecule has 9 nitrogen and oxygen atoms in total. The molecule has 2 N–H and O–H groups in total. The van der Waals surface area contributed by atoms with Crippen LogP contribution in [-0.2, 0) is 28.6 Å². The molecule has 2 aliphatic rings. The number of hydrogen-bond donors (Lipinski definition) is 2. The number of hydrogen-bond acceptors (Lipinski definition) is 9. The lowest BCUT2D eigenvalue weighted by Gasteiger charge is -2.38. The fraction of sp³-hybridized carbons (Fsp3) is 0.480. The van der Waals surface area contributed by atoms with Crippen LogP contribution in [0.2, 0.25) is 0 Å². The zero-order chi connectivity index (χ0) is 25.0. The first kappa shape index (κ1) is 25.3. The number of Topliss-reactive ketones (excluding diaryl/α,β-unsaturated/α-hetero) is 1. The lowest BCUT2D eigenvalue weighted by atomic mass is 9.69. The highest BCUT2D eigenvalue weighted by atomic mass is 16.6. The Hall–Kier alpha value is -3.33. The van der Waals surface area contributed by atoms with Crippen molar-refractivity contribution in [2.45, 2.75) is 33.1 Å². The second-order valence-corrected chi connectivity index (χ2v) is 8.32. The van der Waals surface area contributed by atoms with E-state index in [0.717, 1.165) is 0 Å². The van der Waals surface area contributed by atoms with Gasteiger partial charge in [0.15, 0.2) is 17.3 Å². The second-order valence-electron chi connectivity index (χ2n) is 8.32. The fourth-order valence-corrected chi connectivity index (χ4v) is 4.56. The van der Waals surface area contributed by atoms with Gasteiger partial charge in [0.2, 0.25) is 0 Å². The molecule has 1 aromatic rings. The molecule has 0 radical (unpaired) electrons. The van der Waals surface area contributed by atoms with Crippen LogP contribution in [0, 0.1) is 11.8 Å². The van der Waals surface area contributed by atoms with Gasteiger partial charge < -0.3 is 29.4 Å². The smallest absolute Gasteiger partial charge is 0.336 e. The van der Waals surface area contributed by atoms with Crippen molar-refractivity contribution in [1.29, 1.82) is 0 Å².